The summed E-state index contributed by atoms with van der Waals surface area (Å²) in [5.74, 6) is -0.319. The van der Waals surface area contributed by atoms with Crippen LogP contribution >= 0.6 is 0 Å². The molecule has 0 unspecified atom stereocenters. The minimum absolute atomic E-state index is 0.183. The number of benzene rings is 1. The van der Waals surface area contributed by atoms with Crippen LogP contribution in [0.15, 0.2) is 48.8 Å². The molecule has 20 heavy (non-hydrogen) atoms. The highest BCUT2D eigenvalue weighted by atomic mass is 16.4. The van der Waals surface area contributed by atoms with Crippen LogP contribution < -0.4 is 5.32 Å². The summed E-state index contributed by atoms with van der Waals surface area (Å²) in [6.07, 6.45) is 3.31. The number of pyridine rings is 1. The highest BCUT2D eigenvalue weighted by Gasteiger charge is 2.05. The van der Waals surface area contributed by atoms with Crippen LogP contribution in [0.2, 0.25) is 0 Å². The third kappa shape index (κ3) is 2.33. The van der Waals surface area contributed by atoms with E-state index in [1.165, 1.54) is 17.6 Å². The summed E-state index contributed by atoms with van der Waals surface area (Å²) >= 11 is 0. The Bertz CT molecular complexity index is 747. The monoisotopic (exact) mass is 267 g/mol. The molecule has 3 aromatic rings. The van der Waals surface area contributed by atoms with Crippen LogP contribution in [0.5, 0.6) is 0 Å². The van der Waals surface area contributed by atoms with Gasteiger partial charge in [-0.2, -0.15) is 0 Å². The fourth-order valence-electron chi connectivity index (χ4n) is 2.09. The third-order valence-electron chi connectivity index (χ3n) is 3.15. The molecule has 0 atom stereocenters. The number of hydrogen-bond acceptors (Lipinski definition) is 3. The van der Waals surface area contributed by atoms with Crippen molar-refractivity contribution in [1.82, 2.24) is 9.97 Å². The molecule has 0 radical (unpaired) electrons. The van der Waals surface area contributed by atoms with E-state index in [2.05, 4.69) is 21.4 Å². The fraction of sp³-hybridized carbons (Fsp3) is 0.0667. The molecule has 2 heterocycles. The maximum Gasteiger partial charge on any atom is 0.337 e. The number of aromatic amines is 1. The van der Waals surface area contributed by atoms with Gasteiger partial charge in [-0.05, 0) is 23.8 Å². The van der Waals surface area contributed by atoms with Gasteiger partial charge in [0, 0.05) is 29.8 Å². The van der Waals surface area contributed by atoms with Gasteiger partial charge in [-0.25, -0.2) is 9.78 Å². The maximum atomic E-state index is 10.7. The first-order chi connectivity index (χ1) is 9.74. The van der Waals surface area contributed by atoms with Crippen LogP contribution in [0, 0.1) is 0 Å². The Morgan fingerprint density at radius 2 is 2.10 bits per heavy atom. The number of carboxylic acid groups (broad SMARTS) is 1. The Kier molecular flexibility index (Phi) is 3.09. The van der Waals surface area contributed by atoms with Crippen molar-refractivity contribution in [2.24, 2.45) is 0 Å². The lowest BCUT2D eigenvalue weighted by Crippen LogP contribution is -2.02. The smallest absolute Gasteiger partial charge is 0.337 e. The number of fused-ring (bicyclic) bond motifs is 1. The molecule has 0 amide bonds. The molecule has 100 valence electrons. The molecule has 0 spiro atoms. The highest BCUT2D eigenvalue weighted by Crippen LogP contribution is 2.18. The number of para-hydroxylation sites is 1. The second-order valence-corrected chi connectivity index (χ2v) is 4.45. The number of rotatable bonds is 4. The predicted octanol–water partition coefficient (Wildman–Crippen LogP) is 2.87. The Hall–Kier alpha value is -2.82. The van der Waals surface area contributed by atoms with Crippen LogP contribution in [0.1, 0.15) is 15.9 Å². The molecule has 0 aliphatic rings. The normalized spacial score (nSPS) is 10.6. The molecule has 1 aromatic carbocycles. The number of anilines is 1. The van der Waals surface area contributed by atoms with Crippen molar-refractivity contribution in [3.8, 4) is 0 Å². The van der Waals surface area contributed by atoms with Crippen LogP contribution in [0.4, 0.5) is 5.82 Å². The first kappa shape index (κ1) is 12.2. The van der Waals surface area contributed by atoms with Crippen LogP contribution in [0.25, 0.3) is 10.9 Å². The Labute approximate surface area is 115 Å². The summed E-state index contributed by atoms with van der Waals surface area (Å²) in [6.45, 7) is 0.628. The Morgan fingerprint density at radius 3 is 2.85 bits per heavy atom. The van der Waals surface area contributed by atoms with Gasteiger partial charge in [0.2, 0.25) is 0 Å². The lowest BCUT2D eigenvalue weighted by molar-refractivity contribution is 0.0696. The largest absolute Gasteiger partial charge is 0.478 e. The number of carboxylic acids is 1. The molecule has 0 aliphatic heterocycles. The third-order valence-corrected chi connectivity index (χ3v) is 3.15. The summed E-state index contributed by atoms with van der Waals surface area (Å²) in [7, 11) is 0. The van der Waals surface area contributed by atoms with Crippen LogP contribution in [-0.2, 0) is 6.54 Å². The molecule has 0 saturated heterocycles. The second-order valence-electron chi connectivity index (χ2n) is 4.45. The number of nitrogens with zero attached hydrogens (tertiary/aromatic N) is 1. The van der Waals surface area contributed by atoms with Gasteiger partial charge in [0.25, 0.3) is 0 Å². The van der Waals surface area contributed by atoms with Gasteiger partial charge in [0.05, 0.1) is 5.56 Å². The van der Waals surface area contributed by atoms with E-state index in [0.29, 0.717) is 12.4 Å². The van der Waals surface area contributed by atoms with Crippen LogP contribution in [0.3, 0.4) is 0 Å². The van der Waals surface area contributed by atoms with Gasteiger partial charge in [0.1, 0.15) is 5.82 Å². The van der Waals surface area contributed by atoms with E-state index in [1.54, 1.807) is 6.07 Å². The van der Waals surface area contributed by atoms with Crippen LogP contribution in [-0.4, -0.2) is 21.0 Å². The minimum Gasteiger partial charge on any atom is -0.478 e. The van der Waals surface area contributed by atoms with Crippen molar-refractivity contribution in [3.63, 3.8) is 0 Å². The number of hydrogen-bond donors (Lipinski definition) is 3. The fourth-order valence-corrected chi connectivity index (χ4v) is 2.09. The number of nitrogens with one attached hydrogen (secondary N) is 2. The van der Waals surface area contributed by atoms with Gasteiger partial charge in [-0.3, -0.25) is 0 Å². The van der Waals surface area contributed by atoms with Gasteiger partial charge < -0.3 is 15.4 Å². The molecular formula is C15H13N3O2. The number of carbonyl (C=O) groups is 1. The van der Waals surface area contributed by atoms with Crippen molar-refractivity contribution in [1.29, 1.82) is 0 Å². The lowest BCUT2D eigenvalue weighted by atomic mass is 10.2. The standard InChI is InChI=1S/C15H13N3O2/c19-15(20)10-5-6-14(17-7-10)18-9-11-8-16-13-4-2-1-3-12(11)13/h1-8,16H,9H2,(H,17,18)(H,19,20). The minimum atomic E-state index is -0.972. The molecule has 3 rings (SSSR count). The predicted molar refractivity (Wildman–Crippen MR) is 76.8 cm³/mol. The van der Waals surface area contributed by atoms with Crippen molar-refractivity contribution in [2.75, 3.05) is 5.32 Å². The summed E-state index contributed by atoms with van der Waals surface area (Å²) in [4.78, 5) is 18.0. The Morgan fingerprint density at radius 1 is 1.25 bits per heavy atom. The van der Waals surface area contributed by atoms with Gasteiger partial charge in [-0.15, -0.1) is 0 Å². The maximum absolute atomic E-state index is 10.7. The lowest BCUT2D eigenvalue weighted by Gasteiger charge is -2.04. The number of H-pyrrole nitrogens is 1. The first-order valence-corrected chi connectivity index (χ1v) is 6.22. The van der Waals surface area contributed by atoms with E-state index in [9.17, 15) is 4.79 Å². The molecule has 0 aliphatic carbocycles. The molecule has 2 aromatic heterocycles. The Balaban J connectivity index is 1.74. The van der Waals surface area contributed by atoms with E-state index in [0.717, 1.165) is 11.1 Å². The quantitative estimate of drug-likeness (QED) is 0.679. The van der Waals surface area contributed by atoms with Gasteiger partial charge >= 0.3 is 5.97 Å². The summed E-state index contributed by atoms with van der Waals surface area (Å²) in [5.41, 5.74) is 2.42. The zero-order valence-corrected chi connectivity index (χ0v) is 10.6. The summed E-state index contributed by atoms with van der Waals surface area (Å²) in [5, 5.41) is 13.2. The van der Waals surface area contributed by atoms with Gasteiger partial charge in [0.15, 0.2) is 0 Å². The van der Waals surface area contributed by atoms with Crippen molar-refractivity contribution >= 4 is 22.7 Å². The van der Waals surface area contributed by atoms with Crippen molar-refractivity contribution < 1.29 is 9.90 Å². The van der Waals surface area contributed by atoms with E-state index >= 15 is 0 Å². The van der Waals surface area contributed by atoms with Crippen molar-refractivity contribution in [2.45, 2.75) is 6.54 Å². The summed E-state index contributed by atoms with van der Waals surface area (Å²) in [6, 6.07) is 11.3. The molecule has 0 bridgehead atoms. The van der Waals surface area contributed by atoms with E-state index in [1.807, 2.05) is 24.4 Å². The topological polar surface area (TPSA) is 78.0 Å². The van der Waals surface area contributed by atoms with E-state index < -0.39 is 5.97 Å². The second kappa shape index (κ2) is 5.05. The van der Waals surface area contributed by atoms with Crippen molar-refractivity contribution in [3.05, 3.63) is 59.9 Å². The first-order valence-electron chi connectivity index (χ1n) is 6.22. The van der Waals surface area contributed by atoms with Gasteiger partial charge in [-0.1, -0.05) is 18.2 Å². The molecular weight excluding hydrogens is 254 g/mol. The average molecular weight is 267 g/mol. The molecule has 5 nitrogen and oxygen atoms in total. The zero-order chi connectivity index (χ0) is 13.9. The van der Waals surface area contributed by atoms with E-state index in [-0.39, 0.29) is 5.56 Å². The average Bonchev–Trinajstić information content (AvgIpc) is 2.89. The molecule has 5 heteroatoms. The SMILES string of the molecule is O=C(O)c1ccc(NCc2c[nH]c3ccccc23)nc1. The highest BCUT2D eigenvalue weighted by molar-refractivity contribution is 5.87. The van der Waals surface area contributed by atoms with E-state index in [4.69, 9.17) is 5.11 Å². The molecule has 0 fully saturated rings. The summed E-state index contributed by atoms with van der Waals surface area (Å²) < 4.78 is 0. The number of aromatic carboxylic acids is 1. The molecule has 0 saturated carbocycles. The molecule has 3 N–H and O–H groups in total. The zero-order valence-electron chi connectivity index (χ0n) is 10.6. The number of aromatic nitrogens is 2.